The summed E-state index contributed by atoms with van der Waals surface area (Å²) in [5.41, 5.74) is 6.44. The summed E-state index contributed by atoms with van der Waals surface area (Å²) in [6.07, 6.45) is 0. The Kier molecular flexibility index (Phi) is 5.51. The largest absolute Gasteiger partial charge is 0.366 e. The van der Waals surface area contributed by atoms with Gasteiger partial charge in [0.25, 0.3) is 0 Å². The molecule has 0 aliphatic carbocycles. The molecular weight excluding hydrogens is 369 g/mol. The second kappa shape index (κ2) is 8.00. The average molecular weight is 385 g/mol. The molecule has 0 saturated carbocycles. The first-order chi connectivity index (χ1) is 13.0. The summed E-state index contributed by atoms with van der Waals surface area (Å²) in [7, 11) is 1.71. The van der Waals surface area contributed by atoms with E-state index in [-0.39, 0.29) is 17.5 Å². The van der Waals surface area contributed by atoms with Crippen molar-refractivity contribution in [1.82, 2.24) is 14.8 Å². The van der Waals surface area contributed by atoms with Crippen LogP contribution in [0.25, 0.3) is 11.4 Å². The van der Waals surface area contributed by atoms with E-state index in [0.29, 0.717) is 27.8 Å². The summed E-state index contributed by atoms with van der Waals surface area (Å²) in [6.45, 7) is 0. The van der Waals surface area contributed by atoms with Crippen molar-refractivity contribution in [3.8, 4) is 11.4 Å². The van der Waals surface area contributed by atoms with E-state index in [2.05, 4.69) is 15.5 Å². The van der Waals surface area contributed by atoms with Gasteiger partial charge in [0.15, 0.2) is 11.0 Å². The molecule has 0 unspecified atom stereocenters. The van der Waals surface area contributed by atoms with Gasteiger partial charge in [-0.25, -0.2) is 4.39 Å². The minimum absolute atomic E-state index is 0.0980. The second-order valence-corrected chi connectivity index (χ2v) is 6.57. The van der Waals surface area contributed by atoms with Crippen molar-refractivity contribution in [3.05, 3.63) is 59.9 Å². The van der Waals surface area contributed by atoms with Crippen LogP contribution in [0.2, 0.25) is 0 Å². The van der Waals surface area contributed by atoms with Gasteiger partial charge in [-0.2, -0.15) is 0 Å². The second-order valence-electron chi connectivity index (χ2n) is 5.62. The Balaban J connectivity index is 1.62. The van der Waals surface area contributed by atoms with Gasteiger partial charge in [-0.05, 0) is 36.4 Å². The zero-order valence-corrected chi connectivity index (χ0v) is 15.2. The number of nitrogens with one attached hydrogen (secondary N) is 1. The third-order valence-electron chi connectivity index (χ3n) is 3.74. The summed E-state index contributed by atoms with van der Waals surface area (Å²) < 4.78 is 15.6. The lowest BCUT2D eigenvalue weighted by Gasteiger charge is -2.06. The maximum Gasteiger partial charge on any atom is 0.248 e. The van der Waals surface area contributed by atoms with Crippen molar-refractivity contribution in [2.45, 2.75) is 5.16 Å². The molecule has 0 atom stereocenters. The maximum atomic E-state index is 13.9. The topological polar surface area (TPSA) is 103 Å². The average Bonchev–Trinajstić information content (AvgIpc) is 3.01. The number of amides is 2. The highest BCUT2D eigenvalue weighted by atomic mass is 32.2. The molecule has 0 bridgehead atoms. The Labute approximate surface area is 158 Å². The molecule has 3 rings (SSSR count). The SMILES string of the molecule is Cn1c(SCC(=O)Nc2ccc(C(N)=O)cc2)nnc1-c1ccccc1F. The van der Waals surface area contributed by atoms with Crippen LogP contribution in [0.5, 0.6) is 0 Å². The zero-order valence-electron chi connectivity index (χ0n) is 14.3. The van der Waals surface area contributed by atoms with Crippen LogP contribution in [-0.4, -0.2) is 32.3 Å². The van der Waals surface area contributed by atoms with E-state index < -0.39 is 5.91 Å². The number of nitrogens with zero attached hydrogens (tertiary/aromatic N) is 3. The van der Waals surface area contributed by atoms with E-state index in [4.69, 9.17) is 5.73 Å². The van der Waals surface area contributed by atoms with Gasteiger partial charge in [0.05, 0.1) is 11.3 Å². The molecule has 0 fully saturated rings. The highest BCUT2D eigenvalue weighted by Gasteiger charge is 2.15. The van der Waals surface area contributed by atoms with E-state index in [1.807, 2.05) is 0 Å². The van der Waals surface area contributed by atoms with Crippen molar-refractivity contribution in [2.24, 2.45) is 12.8 Å². The number of hydrogen-bond donors (Lipinski definition) is 2. The molecule has 9 heteroatoms. The van der Waals surface area contributed by atoms with Crippen LogP contribution in [0, 0.1) is 5.82 Å². The number of halogens is 1. The van der Waals surface area contributed by atoms with E-state index in [0.717, 1.165) is 0 Å². The Morgan fingerprint density at radius 2 is 1.85 bits per heavy atom. The molecule has 0 saturated heterocycles. The van der Waals surface area contributed by atoms with Crippen LogP contribution in [-0.2, 0) is 11.8 Å². The molecule has 7 nitrogen and oxygen atoms in total. The van der Waals surface area contributed by atoms with Crippen LogP contribution in [0.3, 0.4) is 0 Å². The van der Waals surface area contributed by atoms with Gasteiger partial charge in [0.1, 0.15) is 5.82 Å². The van der Waals surface area contributed by atoms with Gasteiger partial charge in [-0.15, -0.1) is 10.2 Å². The Bertz CT molecular complexity index is 988. The quantitative estimate of drug-likeness (QED) is 0.635. The van der Waals surface area contributed by atoms with Gasteiger partial charge in [-0.3, -0.25) is 9.59 Å². The molecule has 27 heavy (non-hydrogen) atoms. The normalized spacial score (nSPS) is 10.6. The first kappa shape index (κ1) is 18.6. The molecule has 0 aliphatic heterocycles. The number of carbonyl (C=O) groups is 2. The summed E-state index contributed by atoms with van der Waals surface area (Å²) in [5, 5.41) is 11.2. The maximum absolute atomic E-state index is 13.9. The number of primary amides is 1. The number of carbonyl (C=O) groups excluding carboxylic acids is 2. The summed E-state index contributed by atoms with van der Waals surface area (Å²) >= 11 is 1.18. The van der Waals surface area contributed by atoms with E-state index in [1.165, 1.54) is 30.0 Å². The molecule has 2 amide bonds. The number of nitrogens with two attached hydrogens (primary N) is 1. The van der Waals surface area contributed by atoms with Gasteiger partial charge in [0.2, 0.25) is 11.8 Å². The molecule has 138 valence electrons. The van der Waals surface area contributed by atoms with Crippen LogP contribution in [0.1, 0.15) is 10.4 Å². The highest BCUT2D eigenvalue weighted by molar-refractivity contribution is 7.99. The molecule has 0 aliphatic rings. The monoisotopic (exact) mass is 385 g/mol. The van der Waals surface area contributed by atoms with Crippen molar-refractivity contribution in [3.63, 3.8) is 0 Å². The molecule has 0 spiro atoms. The Morgan fingerprint density at radius 1 is 1.15 bits per heavy atom. The fourth-order valence-corrected chi connectivity index (χ4v) is 3.07. The van der Waals surface area contributed by atoms with E-state index in [1.54, 1.807) is 41.9 Å². The number of aromatic nitrogens is 3. The number of hydrogen-bond acceptors (Lipinski definition) is 5. The van der Waals surface area contributed by atoms with Crippen LogP contribution in [0.15, 0.2) is 53.7 Å². The Hall–Kier alpha value is -3.20. The molecule has 3 N–H and O–H groups in total. The first-order valence-corrected chi connectivity index (χ1v) is 8.91. The lowest BCUT2D eigenvalue weighted by Crippen LogP contribution is -2.15. The highest BCUT2D eigenvalue weighted by Crippen LogP contribution is 2.24. The van der Waals surface area contributed by atoms with Gasteiger partial charge >= 0.3 is 0 Å². The fourth-order valence-electron chi connectivity index (χ4n) is 2.36. The Morgan fingerprint density at radius 3 is 2.52 bits per heavy atom. The van der Waals surface area contributed by atoms with Crippen LogP contribution in [0.4, 0.5) is 10.1 Å². The number of thioether (sulfide) groups is 1. The fraction of sp³-hybridized carbons (Fsp3) is 0.111. The number of anilines is 1. The minimum atomic E-state index is -0.531. The van der Waals surface area contributed by atoms with Gasteiger partial charge < -0.3 is 15.6 Å². The van der Waals surface area contributed by atoms with Gasteiger partial charge in [-0.1, -0.05) is 23.9 Å². The predicted molar refractivity (Wildman–Crippen MR) is 101 cm³/mol. The van der Waals surface area contributed by atoms with Crippen molar-refractivity contribution >= 4 is 29.3 Å². The van der Waals surface area contributed by atoms with Crippen molar-refractivity contribution < 1.29 is 14.0 Å². The molecule has 1 heterocycles. The van der Waals surface area contributed by atoms with E-state index in [9.17, 15) is 14.0 Å². The molecule has 2 aromatic carbocycles. The minimum Gasteiger partial charge on any atom is -0.366 e. The zero-order chi connectivity index (χ0) is 19.4. The van der Waals surface area contributed by atoms with Crippen molar-refractivity contribution in [2.75, 3.05) is 11.1 Å². The van der Waals surface area contributed by atoms with Crippen LogP contribution < -0.4 is 11.1 Å². The predicted octanol–water partition coefficient (Wildman–Crippen LogP) is 2.45. The first-order valence-electron chi connectivity index (χ1n) is 7.92. The van der Waals surface area contributed by atoms with Crippen LogP contribution >= 0.6 is 11.8 Å². The molecule has 1 aromatic heterocycles. The smallest absolute Gasteiger partial charge is 0.248 e. The molecular formula is C18H16FN5O2S. The molecule has 0 radical (unpaired) electrons. The van der Waals surface area contributed by atoms with E-state index >= 15 is 0 Å². The van der Waals surface area contributed by atoms with Gasteiger partial charge in [0, 0.05) is 18.3 Å². The standard InChI is InChI=1S/C18H16FN5O2S/c1-24-17(13-4-2-3-5-14(13)19)22-23-18(24)27-10-15(25)21-12-8-6-11(7-9-12)16(20)26/h2-9H,10H2,1H3,(H2,20,26)(H,21,25). The number of benzene rings is 2. The summed E-state index contributed by atoms with van der Waals surface area (Å²) in [5.74, 6) is -0.681. The lowest BCUT2D eigenvalue weighted by molar-refractivity contribution is -0.113. The third kappa shape index (κ3) is 4.32. The summed E-state index contributed by atoms with van der Waals surface area (Å²) in [6, 6.07) is 12.6. The third-order valence-corrected chi connectivity index (χ3v) is 4.76. The summed E-state index contributed by atoms with van der Waals surface area (Å²) in [4.78, 5) is 23.1. The number of rotatable bonds is 6. The molecule has 3 aromatic rings. The lowest BCUT2D eigenvalue weighted by atomic mass is 10.2. The van der Waals surface area contributed by atoms with Crippen molar-refractivity contribution in [1.29, 1.82) is 0 Å².